The van der Waals surface area contributed by atoms with Crippen LogP contribution in [-0.2, 0) is 0 Å². The van der Waals surface area contributed by atoms with Crippen LogP contribution in [0.4, 0.5) is 0 Å². The fraction of sp³-hybridized carbons (Fsp3) is 0.250. The number of hydrogen-bond donors (Lipinski definition) is 2. The van der Waals surface area contributed by atoms with Gasteiger partial charge in [0, 0.05) is 11.9 Å². The number of rotatable bonds is 7. The van der Waals surface area contributed by atoms with Crippen molar-refractivity contribution in [1.29, 1.82) is 0 Å². The number of furan rings is 1. The topological polar surface area (TPSA) is 90.2 Å². The molecule has 0 aliphatic rings. The van der Waals surface area contributed by atoms with Crippen LogP contribution in [0.25, 0.3) is 11.0 Å². The largest absolute Gasteiger partial charge is 0.493 e. The number of nitrogens with one attached hydrogen (secondary N) is 1. The van der Waals surface area contributed by atoms with Crippen molar-refractivity contribution in [3.63, 3.8) is 0 Å². The Morgan fingerprint density at radius 3 is 2.48 bits per heavy atom. The number of hydrogen-bond acceptors (Lipinski definition) is 6. The number of ether oxygens (including phenoxy) is 3. The summed E-state index contributed by atoms with van der Waals surface area (Å²) in [4.78, 5) is 12.4. The molecule has 1 amide bonds. The number of fused-ring (bicyclic) bond motifs is 1. The summed E-state index contributed by atoms with van der Waals surface area (Å²) in [6.07, 6.45) is -0.910. The van der Waals surface area contributed by atoms with E-state index in [-0.39, 0.29) is 12.3 Å². The Kier molecular flexibility index (Phi) is 5.52. The highest BCUT2D eigenvalue weighted by atomic mass is 16.5. The minimum atomic E-state index is -0.910. The summed E-state index contributed by atoms with van der Waals surface area (Å²) in [7, 11) is 4.60. The predicted molar refractivity (Wildman–Crippen MR) is 99.6 cm³/mol. The first-order chi connectivity index (χ1) is 13.1. The zero-order chi connectivity index (χ0) is 19.4. The lowest BCUT2D eigenvalue weighted by Crippen LogP contribution is -2.28. The van der Waals surface area contributed by atoms with Gasteiger partial charge in [0.1, 0.15) is 0 Å². The van der Waals surface area contributed by atoms with E-state index in [0.29, 0.717) is 28.4 Å². The quantitative estimate of drug-likeness (QED) is 0.664. The lowest BCUT2D eigenvalue weighted by Gasteiger charge is -2.14. The highest BCUT2D eigenvalue weighted by Gasteiger charge is 2.17. The molecule has 1 atom stereocenters. The first-order valence-electron chi connectivity index (χ1n) is 8.32. The Morgan fingerprint density at radius 1 is 1.04 bits per heavy atom. The Bertz CT molecular complexity index is 949. The standard InChI is InChI=1S/C20H21NO6/c1-24-15-8-7-12(9-17(15)26-3)14(22)11-21-20(23)18-10-13-5-4-6-16(25-2)19(13)27-18/h4-10,14,22H,11H2,1-3H3,(H,21,23). The van der Waals surface area contributed by atoms with Gasteiger partial charge in [-0.15, -0.1) is 0 Å². The maximum absolute atomic E-state index is 12.4. The average molecular weight is 371 g/mol. The van der Waals surface area contributed by atoms with E-state index in [0.717, 1.165) is 5.39 Å². The van der Waals surface area contributed by atoms with Crippen LogP contribution < -0.4 is 19.5 Å². The van der Waals surface area contributed by atoms with Crippen LogP contribution in [0.5, 0.6) is 17.2 Å². The SMILES string of the molecule is COc1ccc(C(O)CNC(=O)c2cc3cccc(OC)c3o2)cc1OC. The molecule has 0 fully saturated rings. The molecular weight excluding hydrogens is 350 g/mol. The van der Waals surface area contributed by atoms with Crippen LogP contribution in [0.1, 0.15) is 22.2 Å². The third-order valence-corrected chi connectivity index (χ3v) is 4.20. The molecular formula is C20H21NO6. The van der Waals surface area contributed by atoms with Crippen LogP contribution in [0, 0.1) is 0 Å². The lowest BCUT2D eigenvalue weighted by atomic mass is 10.1. The van der Waals surface area contributed by atoms with E-state index in [1.165, 1.54) is 21.3 Å². The van der Waals surface area contributed by atoms with Crippen molar-refractivity contribution in [2.24, 2.45) is 0 Å². The number of amides is 1. The zero-order valence-electron chi connectivity index (χ0n) is 15.3. The number of carbonyl (C=O) groups excluding carboxylic acids is 1. The second kappa shape index (κ2) is 8.01. The second-order valence-corrected chi connectivity index (χ2v) is 5.83. The van der Waals surface area contributed by atoms with E-state index in [4.69, 9.17) is 18.6 Å². The number of para-hydroxylation sites is 1. The van der Waals surface area contributed by atoms with Gasteiger partial charge >= 0.3 is 0 Å². The van der Waals surface area contributed by atoms with Gasteiger partial charge in [-0.05, 0) is 29.8 Å². The highest BCUT2D eigenvalue weighted by molar-refractivity contribution is 5.97. The number of methoxy groups -OCH3 is 3. The third-order valence-electron chi connectivity index (χ3n) is 4.20. The van der Waals surface area contributed by atoms with Gasteiger partial charge in [-0.3, -0.25) is 4.79 Å². The molecule has 3 aromatic rings. The summed E-state index contributed by atoms with van der Waals surface area (Å²) in [6, 6.07) is 12.1. The maximum atomic E-state index is 12.4. The van der Waals surface area contributed by atoms with Gasteiger partial charge in [0.15, 0.2) is 28.6 Å². The fourth-order valence-corrected chi connectivity index (χ4v) is 2.76. The minimum Gasteiger partial charge on any atom is -0.493 e. The Hall–Kier alpha value is -3.19. The lowest BCUT2D eigenvalue weighted by molar-refractivity contribution is 0.0891. The molecule has 7 heteroatoms. The summed E-state index contributed by atoms with van der Waals surface area (Å²) >= 11 is 0. The Balaban J connectivity index is 1.70. The molecule has 27 heavy (non-hydrogen) atoms. The van der Waals surface area contributed by atoms with Gasteiger partial charge in [0.2, 0.25) is 0 Å². The van der Waals surface area contributed by atoms with Crippen LogP contribution in [-0.4, -0.2) is 38.9 Å². The van der Waals surface area contributed by atoms with E-state index in [1.54, 1.807) is 30.3 Å². The first kappa shape index (κ1) is 18.6. The van der Waals surface area contributed by atoms with Crippen molar-refractivity contribution in [2.75, 3.05) is 27.9 Å². The van der Waals surface area contributed by atoms with Crippen molar-refractivity contribution >= 4 is 16.9 Å². The molecule has 0 spiro atoms. The van der Waals surface area contributed by atoms with E-state index >= 15 is 0 Å². The van der Waals surface area contributed by atoms with Gasteiger partial charge in [-0.2, -0.15) is 0 Å². The molecule has 1 heterocycles. The smallest absolute Gasteiger partial charge is 0.287 e. The molecule has 0 aliphatic heterocycles. The maximum Gasteiger partial charge on any atom is 0.287 e. The van der Waals surface area contributed by atoms with Crippen LogP contribution in [0.15, 0.2) is 46.9 Å². The predicted octanol–water partition coefficient (Wildman–Crippen LogP) is 2.92. The summed E-state index contributed by atoms with van der Waals surface area (Å²) < 4.78 is 21.2. The molecule has 7 nitrogen and oxygen atoms in total. The van der Waals surface area contributed by atoms with E-state index in [9.17, 15) is 9.90 Å². The number of aliphatic hydroxyl groups excluding tert-OH is 1. The van der Waals surface area contributed by atoms with Crippen molar-refractivity contribution in [3.05, 3.63) is 53.8 Å². The normalized spacial score (nSPS) is 11.9. The molecule has 2 aromatic carbocycles. The summed E-state index contributed by atoms with van der Waals surface area (Å²) in [5, 5.41) is 13.8. The van der Waals surface area contributed by atoms with Crippen LogP contribution in [0.3, 0.4) is 0 Å². The molecule has 2 N–H and O–H groups in total. The van der Waals surface area contributed by atoms with Crippen LogP contribution >= 0.6 is 0 Å². The molecule has 3 rings (SSSR count). The third kappa shape index (κ3) is 3.83. The van der Waals surface area contributed by atoms with Crippen molar-refractivity contribution in [2.45, 2.75) is 6.10 Å². The van der Waals surface area contributed by atoms with Crippen LogP contribution in [0.2, 0.25) is 0 Å². The summed E-state index contributed by atoms with van der Waals surface area (Å²) in [5.74, 6) is 1.34. The van der Waals surface area contributed by atoms with E-state index in [2.05, 4.69) is 5.32 Å². The molecule has 142 valence electrons. The molecule has 0 aliphatic carbocycles. The average Bonchev–Trinajstić information content (AvgIpc) is 3.15. The van der Waals surface area contributed by atoms with Gasteiger partial charge in [0.05, 0.1) is 27.4 Å². The monoisotopic (exact) mass is 371 g/mol. The number of aliphatic hydroxyl groups is 1. The van der Waals surface area contributed by atoms with Gasteiger partial charge in [-0.1, -0.05) is 18.2 Å². The van der Waals surface area contributed by atoms with Gasteiger partial charge < -0.3 is 29.1 Å². The molecule has 1 aromatic heterocycles. The van der Waals surface area contributed by atoms with Crippen molar-refractivity contribution in [3.8, 4) is 17.2 Å². The van der Waals surface area contributed by atoms with Crippen molar-refractivity contribution < 1.29 is 28.5 Å². The molecule has 0 bridgehead atoms. The van der Waals surface area contributed by atoms with E-state index in [1.807, 2.05) is 12.1 Å². The van der Waals surface area contributed by atoms with Gasteiger partial charge in [0.25, 0.3) is 5.91 Å². The molecule has 1 unspecified atom stereocenters. The summed E-state index contributed by atoms with van der Waals surface area (Å²) in [5.41, 5.74) is 1.10. The second-order valence-electron chi connectivity index (χ2n) is 5.83. The Morgan fingerprint density at radius 2 is 1.78 bits per heavy atom. The van der Waals surface area contributed by atoms with E-state index < -0.39 is 12.0 Å². The molecule has 0 radical (unpaired) electrons. The van der Waals surface area contributed by atoms with Gasteiger partial charge in [-0.25, -0.2) is 0 Å². The minimum absolute atomic E-state index is 0.0164. The van der Waals surface area contributed by atoms with Crippen molar-refractivity contribution in [1.82, 2.24) is 5.32 Å². The number of carbonyl (C=O) groups is 1. The number of benzene rings is 2. The molecule has 0 saturated carbocycles. The first-order valence-corrected chi connectivity index (χ1v) is 8.32. The summed E-state index contributed by atoms with van der Waals surface area (Å²) in [6.45, 7) is 0.0164. The fourth-order valence-electron chi connectivity index (χ4n) is 2.76. The highest BCUT2D eigenvalue weighted by Crippen LogP contribution is 2.30. The molecule has 0 saturated heterocycles. The Labute approximate surface area is 156 Å². The zero-order valence-corrected chi connectivity index (χ0v) is 15.3.